The van der Waals surface area contributed by atoms with Crippen LogP contribution in [-0.4, -0.2) is 19.7 Å². The molecule has 2 aromatic heterocycles. The summed E-state index contributed by atoms with van der Waals surface area (Å²) < 4.78 is 1.90. The Labute approximate surface area is 123 Å². The molecule has 0 spiro atoms. The molecule has 5 nitrogen and oxygen atoms in total. The lowest BCUT2D eigenvalue weighted by atomic mass is 10.1. The van der Waals surface area contributed by atoms with Crippen LogP contribution in [0.25, 0.3) is 11.4 Å². The first kappa shape index (κ1) is 13.3. The van der Waals surface area contributed by atoms with Crippen LogP contribution in [0.5, 0.6) is 0 Å². The van der Waals surface area contributed by atoms with Crippen molar-refractivity contribution in [1.29, 1.82) is 0 Å². The summed E-state index contributed by atoms with van der Waals surface area (Å²) in [4.78, 5) is 4.16. The molecule has 1 aromatic carbocycles. The molecule has 0 aliphatic carbocycles. The molecule has 3 aromatic rings. The number of hydrogen-bond donors (Lipinski definition) is 1. The second-order valence-corrected chi connectivity index (χ2v) is 5.00. The number of nitrogens with one attached hydrogen (secondary N) is 1. The Bertz CT molecular complexity index is 730. The van der Waals surface area contributed by atoms with Crippen molar-refractivity contribution in [2.24, 2.45) is 7.05 Å². The van der Waals surface area contributed by atoms with Gasteiger partial charge in [-0.15, -0.1) is 10.2 Å². The number of anilines is 1. The van der Waals surface area contributed by atoms with E-state index in [4.69, 9.17) is 0 Å². The van der Waals surface area contributed by atoms with Gasteiger partial charge in [0.05, 0.1) is 0 Å². The second-order valence-electron chi connectivity index (χ2n) is 5.00. The van der Waals surface area contributed by atoms with Gasteiger partial charge in [0, 0.05) is 37.2 Å². The maximum Gasteiger partial charge on any atom is 0.163 e. The van der Waals surface area contributed by atoms with Gasteiger partial charge in [0.2, 0.25) is 0 Å². The Morgan fingerprint density at radius 3 is 2.62 bits per heavy atom. The molecule has 0 aliphatic rings. The van der Waals surface area contributed by atoms with E-state index in [1.54, 1.807) is 6.33 Å². The van der Waals surface area contributed by atoms with E-state index in [0.717, 1.165) is 23.6 Å². The molecule has 0 aliphatic heterocycles. The van der Waals surface area contributed by atoms with Crippen LogP contribution >= 0.6 is 0 Å². The maximum atomic E-state index is 4.16. The molecule has 0 unspecified atom stereocenters. The molecule has 1 N–H and O–H groups in total. The fourth-order valence-corrected chi connectivity index (χ4v) is 2.16. The van der Waals surface area contributed by atoms with Gasteiger partial charge in [-0.05, 0) is 48.4 Å². The number of pyridine rings is 1. The summed E-state index contributed by atoms with van der Waals surface area (Å²) in [5.41, 5.74) is 4.57. The molecule has 0 atom stereocenters. The lowest BCUT2D eigenvalue weighted by molar-refractivity contribution is 0.920. The summed E-state index contributed by atoms with van der Waals surface area (Å²) in [5, 5.41) is 11.4. The minimum Gasteiger partial charge on any atom is -0.381 e. The fourth-order valence-electron chi connectivity index (χ4n) is 2.16. The van der Waals surface area contributed by atoms with Gasteiger partial charge in [-0.1, -0.05) is 0 Å². The molecule has 0 saturated carbocycles. The Balaban J connectivity index is 1.71. The molecule has 5 heteroatoms. The molecular formula is C16H17N5. The topological polar surface area (TPSA) is 55.6 Å². The van der Waals surface area contributed by atoms with E-state index in [1.807, 2.05) is 42.2 Å². The third-order valence-corrected chi connectivity index (χ3v) is 3.48. The van der Waals surface area contributed by atoms with Gasteiger partial charge in [0.15, 0.2) is 5.82 Å². The Kier molecular flexibility index (Phi) is 3.64. The molecule has 21 heavy (non-hydrogen) atoms. The van der Waals surface area contributed by atoms with Crippen molar-refractivity contribution in [3.8, 4) is 11.4 Å². The SMILES string of the molecule is Cc1ccncc1CNc1ccc(-c2nncn2C)cc1. The Morgan fingerprint density at radius 1 is 1.14 bits per heavy atom. The van der Waals surface area contributed by atoms with Crippen LogP contribution in [0, 0.1) is 6.92 Å². The number of benzene rings is 1. The van der Waals surface area contributed by atoms with Crippen molar-refractivity contribution in [2.45, 2.75) is 13.5 Å². The smallest absolute Gasteiger partial charge is 0.163 e. The highest BCUT2D eigenvalue weighted by Crippen LogP contribution is 2.19. The quantitative estimate of drug-likeness (QED) is 0.798. The van der Waals surface area contributed by atoms with Gasteiger partial charge in [0.25, 0.3) is 0 Å². The van der Waals surface area contributed by atoms with Gasteiger partial charge in [-0.2, -0.15) is 0 Å². The molecular weight excluding hydrogens is 262 g/mol. The van der Waals surface area contributed by atoms with Crippen LogP contribution in [0.1, 0.15) is 11.1 Å². The molecule has 0 radical (unpaired) electrons. The third kappa shape index (κ3) is 2.91. The lowest BCUT2D eigenvalue weighted by Crippen LogP contribution is -2.01. The fraction of sp³-hybridized carbons (Fsp3) is 0.188. The normalized spacial score (nSPS) is 10.6. The van der Waals surface area contributed by atoms with E-state index in [9.17, 15) is 0 Å². The number of rotatable bonds is 4. The first-order valence-electron chi connectivity index (χ1n) is 6.82. The summed E-state index contributed by atoms with van der Waals surface area (Å²) in [7, 11) is 1.94. The standard InChI is InChI=1S/C16H17N5/c1-12-7-8-17-9-14(12)10-18-15-5-3-13(4-6-15)16-20-19-11-21(16)2/h3-9,11,18H,10H2,1-2H3. The first-order chi connectivity index (χ1) is 10.2. The molecule has 3 rings (SSSR count). The average molecular weight is 279 g/mol. The number of aryl methyl sites for hydroxylation is 2. The highest BCUT2D eigenvalue weighted by molar-refractivity contribution is 5.59. The zero-order chi connectivity index (χ0) is 14.7. The summed E-state index contributed by atoms with van der Waals surface area (Å²) in [6.07, 6.45) is 5.41. The minimum absolute atomic E-state index is 0.767. The summed E-state index contributed by atoms with van der Waals surface area (Å²) in [6.45, 7) is 2.86. The van der Waals surface area contributed by atoms with Crippen LogP contribution in [0.3, 0.4) is 0 Å². The number of nitrogens with zero attached hydrogens (tertiary/aromatic N) is 4. The number of hydrogen-bond acceptors (Lipinski definition) is 4. The molecule has 0 saturated heterocycles. The van der Waals surface area contributed by atoms with Crippen LogP contribution in [0.15, 0.2) is 49.1 Å². The summed E-state index contributed by atoms with van der Waals surface area (Å²) >= 11 is 0. The van der Waals surface area contributed by atoms with E-state index in [-0.39, 0.29) is 0 Å². The monoisotopic (exact) mass is 279 g/mol. The van der Waals surface area contributed by atoms with E-state index >= 15 is 0 Å². The van der Waals surface area contributed by atoms with Crippen molar-refractivity contribution in [1.82, 2.24) is 19.7 Å². The summed E-state index contributed by atoms with van der Waals surface area (Å²) in [5.74, 6) is 0.865. The van der Waals surface area contributed by atoms with Crippen molar-refractivity contribution in [2.75, 3.05) is 5.32 Å². The van der Waals surface area contributed by atoms with Gasteiger partial charge in [-0.25, -0.2) is 0 Å². The van der Waals surface area contributed by atoms with Crippen LogP contribution < -0.4 is 5.32 Å². The average Bonchev–Trinajstić information content (AvgIpc) is 2.93. The third-order valence-electron chi connectivity index (χ3n) is 3.48. The highest BCUT2D eigenvalue weighted by atomic mass is 15.2. The molecule has 0 amide bonds. The van der Waals surface area contributed by atoms with Gasteiger partial charge in [0.1, 0.15) is 6.33 Å². The van der Waals surface area contributed by atoms with E-state index in [2.05, 4.69) is 39.6 Å². The van der Waals surface area contributed by atoms with E-state index in [1.165, 1.54) is 11.1 Å². The molecule has 0 bridgehead atoms. The molecule has 2 heterocycles. The van der Waals surface area contributed by atoms with Crippen molar-refractivity contribution in [3.05, 3.63) is 60.2 Å². The largest absolute Gasteiger partial charge is 0.381 e. The first-order valence-corrected chi connectivity index (χ1v) is 6.82. The van der Waals surface area contributed by atoms with Crippen molar-refractivity contribution < 1.29 is 0 Å². The predicted molar refractivity (Wildman–Crippen MR) is 82.7 cm³/mol. The number of aromatic nitrogens is 4. The van der Waals surface area contributed by atoms with Gasteiger partial charge >= 0.3 is 0 Å². The Morgan fingerprint density at radius 2 is 1.95 bits per heavy atom. The lowest BCUT2D eigenvalue weighted by Gasteiger charge is -2.09. The highest BCUT2D eigenvalue weighted by Gasteiger charge is 2.04. The van der Waals surface area contributed by atoms with Crippen LogP contribution in [0.2, 0.25) is 0 Å². The van der Waals surface area contributed by atoms with Crippen molar-refractivity contribution in [3.63, 3.8) is 0 Å². The zero-order valence-electron chi connectivity index (χ0n) is 12.1. The summed E-state index contributed by atoms with van der Waals surface area (Å²) in [6, 6.07) is 10.2. The Hall–Kier alpha value is -2.69. The zero-order valence-corrected chi connectivity index (χ0v) is 12.1. The van der Waals surface area contributed by atoms with Crippen LogP contribution in [-0.2, 0) is 13.6 Å². The van der Waals surface area contributed by atoms with Crippen molar-refractivity contribution >= 4 is 5.69 Å². The van der Waals surface area contributed by atoms with Gasteiger partial charge in [-0.3, -0.25) is 4.98 Å². The van der Waals surface area contributed by atoms with E-state index in [0.29, 0.717) is 0 Å². The van der Waals surface area contributed by atoms with E-state index < -0.39 is 0 Å². The predicted octanol–water partition coefficient (Wildman–Crippen LogP) is 2.80. The minimum atomic E-state index is 0.767. The van der Waals surface area contributed by atoms with Gasteiger partial charge < -0.3 is 9.88 Å². The molecule has 0 fully saturated rings. The second kappa shape index (κ2) is 5.75. The maximum absolute atomic E-state index is 4.16. The molecule has 106 valence electrons. The van der Waals surface area contributed by atoms with Crippen LogP contribution in [0.4, 0.5) is 5.69 Å².